The van der Waals surface area contributed by atoms with Gasteiger partial charge in [0.2, 0.25) is 0 Å². The molecule has 0 N–H and O–H groups in total. The number of carbonyl (C=O) groups is 2. The summed E-state index contributed by atoms with van der Waals surface area (Å²) in [5.74, 6) is 0.789. The van der Waals surface area contributed by atoms with Crippen LogP contribution in [0.15, 0.2) is 34.9 Å². The molecular weight excluding hydrogens is 432 g/mol. The Morgan fingerprint density at radius 1 is 1.06 bits per heavy atom. The van der Waals surface area contributed by atoms with Gasteiger partial charge in [-0.3, -0.25) is 14.5 Å². The van der Waals surface area contributed by atoms with E-state index in [9.17, 15) is 14.9 Å². The summed E-state index contributed by atoms with van der Waals surface area (Å²) in [7, 11) is 0. The first kappa shape index (κ1) is 27.1. The van der Waals surface area contributed by atoms with Crippen LogP contribution in [0.25, 0.3) is 6.08 Å². The Labute approximate surface area is 203 Å². The molecule has 184 valence electrons. The Kier molecular flexibility index (Phi) is 10.3. The van der Waals surface area contributed by atoms with E-state index in [0.717, 1.165) is 16.9 Å². The van der Waals surface area contributed by atoms with Gasteiger partial charge in [0.1, 0.15) is 11.6 Å². The number of imide groups is 1. The molecular formula is C27H36N2O5. The molecule has 0 unspecified atom stereocenters. The highest BCUT2D eigenvalue weighted by Gasteiger charge is 2.35. The van der Waals surface area contributed by atoms with Gasteiger partial charge in [0.25, 0.3) is 11.8 Å². The van der Waals surface area contributed by atoms with E-state index in [2.05, 4.69) is 13.8 Å². The van der Waals surface area contributed by atoms with Crippen LogP contribution >= 0.6 is 0 Å². The smallest absolute Gasteiger partial charge is 0.271 e. The van der Waals surface area contributed by atoms with E-state index in [4.69, 9.17) is 14.2 Å². The third kappa shape index (κ3) is 7.19. The summed E-state index contributed by atoms with van der Waals surface area (Å²) < 4.78 is 17.2. The van der Waals surface area contributed by atoms with E-state index < -0.39 is 11.8 Å². The molecule has 2 rings (SSSR count). The minimum Gasteiger partial charge on any atom is -0.490 e. The van der Waals surface area contributed by atoms with E-state index in [-0.39, 0.29) is 18.2 Å². The van der Waals surface area contributed by atoms with Crippen LogP contribution in [0.2, 0.25) is 0 Å². The molecule has 0 fully saturated rings. The van der Waals surface area contributed by atoms with Crippen molar-refractivity contribution in [1.82, 2.24) is 4.90 Å². The second-order valence-electron chi connectivity index (χ2n) is 8.88. The Bertz CT molecular complexity index is 985. The predicted octanol–water partition coefficient (Wildman–Crippen LogP) is 4.92. The maximum absolute atomic E-state index is 13.2. The van der Waals surface area contributed by atoms with Crippen LogP contribution in [-0.4, -0.2) is 49.2 Å². The molecule has 0 aliphatic carbocycles. The molecule has 1 aliphatic rings. The fourth-order valence-corrected chi connectivity index (χ4v) is 3.45. The van der Waals surface area contributed by atoms with E-state index in [1.54, 1.807) is 13.0 Å². The van der Waals surface area contributed by atoms with Crippen molar-refractivity contribution in [2.75, 3.05) is 26.4 Å². The normalized spacial score (nSPS) is 15.5. The van der Waals surface area contributed by atoms with E-state index in [0.29, 0.717) is 54.8 Å². The summed E-state index contributed by atoms with van der Waals surface area (Å²) in [6.45, 7) is 13.3. The van der Waals surface area contributed by atoms with Crippen LogP contribution in [0.4, 0.5) is 0 Å². The second-order valence-corrected chi connectivity index (χ2v) is 8.88. The molecule has 0 spiro atoms. The summed E-state index contributed by atoms with van der Waals surface area (Å²) in [5.41, 5.74) is 1.39. The van der Waals surface area contributed by atoms with Gasteiger partial charge in [-0.15, -0.1) is 0 Å². The second kappa shape index (κ2) is 13.0. The van der Waals surface area contributed by atoms with Gasteiger partial charge in [-0.25, -0.2) is 0 Å². The minimum absolute atomic E-state index is 0.0192. The fraction of sp³-hybridized carbons (Fsp3) is 0.519. The molecule has 0 saturated carbocycles. The summed E-state index contributed by atoms with van der Waals surface area (Å²) in [4.78, 5) is 27.1. The summed E-state index contributed by atoms with van der Waals surface area (Å²) in [6.07, 6.45) is 3.19. The Hall–Kier alpha value is -3.11. The molecule has 2 amide bonds. The van der Waals surface area contributed by atoms with Gasteiger partial charge in [0, 0.05) is 18.7 Å². The maximum atomic E-state index is 13.2. The van der Waals surface area contributed by atoms with Crippen molar-refractivity contribution in [1.29, 1.82) is 5.26 Å². The number of ether oxygens (including phenoxy) is 3. The number of benzene rings is 1. The standard InChI is InChI=1S/C27H36N2O5/c1-7-32-25-16-21(9-10-24(25)34-14-11-18(2)3)15-22-20(6)23(17-28)27(31)29(26(22)30)12-8-13-33-19(4)5/h9-10,15-16,18-19H,7-8,11-14H2,1-6H3/b22-15+. The monoisotopic (exact) mass is 468 g/mol. The van der Waals surface area contributed by atoms with Gasteiger partial charge < -0.3 is 14.2 Å². The zero-order valence-electron chi connectivity index (χ0n) is 21.1. The van der Waals surface area contributed by atoms with Crippen LogP contribution < -0.4 is 9.47 Å². The lowest BCUT2D eigenvalue weighted by molar-refractivity contribution is -0.140. The zero-order valence-corrected chi connectivity index (χ0v) is 21.1. The lowest BCUT2D eigenvalue weighted by Crippen LogP contribution is -2.43. The van der Waals surface area contributed by atoms with Gasteiger partial charge in [0.05, 0.1) is 19.3 Å². The highest BCUT2D eigenvalue weighted by molar-refractivity contribution is 6.19. The lowest BCUT2D eigenvalue weighted by Gasteiger charge is -2.27. The van der Waals surface area contributed by atoms with Crippen molar-refractivity contribution in [3.05, 3.63) is 40.5 Å². The number of nitrogens with zero attached hydrogens (tertiary/aromatic N) is 2. The van der Waals surface area contributed by atoms with Gasteiger partial charge in [-0.05, 0) is 75.8 Å². The van der Waals surface area contributed by atoms with Crippen LogP contribution in [-0.2, 0) is 14.3 Å². The number of amides is 2. The molecule has 1 aromatic rings. The fourth-order valence-electron chi connectivity index (χ4n) is 3.45. The first-order valence-electron chi connectivity index (χ1n) is 11.9. The summed E-state index contributed by atoms with van der Waals surface area (Å²) >= 11 is 0. The molecule has 0 radical (unpaired) electrons. The topological polar surface area (TPSA) is 88.9 Å². The molecule has 7 nitrogen and oxygen atoms in total. The van der Waals surface area contributed by atoms with E-state index in [1.165, 1.54) is 0 Å². The van der Waals surface area contributed by atoms with Crippen LogP contribution in [0.1, 0.15) is 59.9 Å². The quantitative estimate of drug-likeness (QED) is 0.246. The third-order valence-corrected chi connectivity index (χ3v) is 5.33. The first-order chi connectivity index (χ1) is 16.2. The van der Waals surface area contributed by atoms with Gasteiger partial charge in [-0.2, -0.15) is 5.26 Å². The molecule has 1 aliphatic heterocycles. The van der Waals surface area contributed by atoms with E-state index >= 15 is 0 Å². The number of nitriles is 1. The molecule has 7 heteroatoms. The van der Waals surface area contributed by atoms with E-state index in [1.807, 2.05) is 45.0 Å². The van der Waals surface area contributed by atoms with Crippen molar-refractivity contribution in [2.24, 2.45) is 5.92 Å². The van der Waals surface area contributed by atoms with Gasteiger partial charge >= 0.3 is 0 Å². The maximum Gasteiger partial charge on any atom is 0.271 e. The highest BCUT2D eigenvalue weighted by Crippen LogP contribution is 2.32. The van der Waals surface area contributed by atoms with Gasteiger partial charge in [-0.1, -0.05) is 19.9 Å². The van der Waals surface area contributed by atoms with Crippen LogP contribution in [0.3, 0.4) is 0 Å². The summed E-state index contributed by atoms with van der Waals surface area (Å²) in [6, 6.07) is 7.44. The van der Waals surface area contributed by atoms with Crippen LogP contribution in [0, 0.1) is 17.2 Å². The minimum atomic E-state index is -0.560. The van der Waals surface area contributed by atoms with Crippen molar-refractivity contribution in [2.45, 2.75) is 60.5 Å². The Morgan fingerprint density at radius 2 is 1.79 bits per heavy atom. The zero-order chi connectivity index (χ0) is 25.3. The van der Waals surface area contributed by atoms with Crippen molar-refractivity contribution >= 4 is 17.9 Å². The molecule has 0 bridgehead atoms. The number of rotatable bonds is 12. The Balaban J connectivity index is 2.34. The predicted molar refractivity (Wildman–Crippen MR) is 131 cm³/mol. The van der Waals surface area contributed by atoms with Crippen molar-refractivity contribution in [3.8, 4) is 17.6 Å². The van der Waals surface area contributed by atoms with Crippen molar-refractivity contribution in [3.63, 3.8) is 0 Å². The third-order valence-electron chi connectivity index (χ3n) is 5.33. The summed E-state index contributed by atoms with van der Waals surface area (Å²) in [5, 5.41) is 9.58. The lowest BCUT2D eigenvalue weighted by atomic mass is 9.93. The molecule has 1 aromatic carbocycles. The number of hydrogen-bond acceptors (Lipinski definition) is 6. The average molecular weight is 469 g/mol. The van der Waals surface area contributed by atoms with Crippen LogP contribution in [0.5, 0.6) is 11.5 Å². The van der Waals surface area contributed by atoms with Crippen molar-refractivity contribution < 1.29 is 23.8 Å². The Morgan fingerprint density at radius 3 is 2.41 bits per heavy atom. The van der Waals surface area contributed by atoms with Gasteiger partial charge in [0.15, 0.2) is 11.5 Å². The molecule has 1 heterocycles. The average Bonchev–Trinajstić information content (AvgIpc) is 2.77. The largest absolute Gasteiger partial charge is 0.490 e. The molecule has 0 aromatic heterocycles. The molecule has 0 saturated heterocycles. The molecule has 34 heavy (non-hydrogen) atoms. The molecule has 0 atom stereocenters. The first-order valence-corrected chi connectivity index (χ1v) is 11.9. The SMILES string of the molecule is CCOc1cc(/C=C2/C(=O)N(CCCOC(C)C)C(=O)C(C#N)=C2C)ccc1OCCC(C)C. The highest BCUT2D eigenvalue weighted by atomic mass is 16.5. The number of hydrogen-bond donors (Lipinski definition) is 0. The number of carbonyl (C=O) groups excluding carboxylic acids is 2.